The van der Waals surface area contributed by atoms with Crippen molar-refractivity contribution in [2.75, 3.05) is 5.32 Å². The number of hydrogen-bond acceptors (Lipinski definition) is 3. The third kappa shape index (κ3) is 3.08. The minimum absolute atomic E-state index is 0.177. The number of nitrogens with one attached hydrogen (secondary N) is 1. The van der Waals surface area contributed by atoms with Crippen molar-refractivity contribution in [3.05, 3.63) is 57.9 Å². The zero-order valence-electron chi connectivity index (χ0n) is 11.7. The molecule has 0 bridgehead atoms. The molecular formula is C16H12Cl2N2O2. The van der Waals surface area contributed by atoms with Gasteiger partial charge in [0.25, 0.3) is 0 Å². The van der Waals surface area contributed by atoms with Crippen LogP contribution in [0.4, 0.5) is 5.82 Å². The lowest BCUT2D eigenvalue weighted by atomic mass is 10.1. The van der Waals surface area contributed by atoms with Gasteiger partial charge >= 0.3 is 0 Å². The fourth-order valence-corrected chi connectivity index (χ4v) is 2.42. The van der Waals surface area contributed by atoms with Gasteiger partial charge in [-0.3, -0.25) is 4.79 Å². The molecule has 0 aliphatic carbocycles. The van der Waals surface area contributed by atoms with Crippen molar-refractivity contribution in [1.29, 1.82) is 0 Å². The van der Waals surface area contributed by atoms with Gasteiger partial charge < -0.3 is 9.73 Å². The van der Waals surface area contributed by atoms with E-state index in [0.717, 1.165) is 16.5 Å². The largest absolute Gasteiger partial charge is 0.464 e. The number of hydrogen-bond donors (Lipinski definition) is 1. The summed E-state index contributed by atoms with van der Waals surface area (Å²) in [6, 6.07) is 6.99. The molecule has 0 atom stereocenters. The summed E-state index contributed by atoms with van der Waals surface area (Å²) in [4.78, 5) is 16.1. The lowest BCUT2D eigenvalue weighted by molar-refractivity contribution is -0.115. The molecule has 112 valence electrons. The number of carbonyl (C=O) groups is 1. The number of nitrogens with zero attached hydrogens (tertiary/aromatic N) is 1. The first-order valence-electron chi connectivity index (χ1n) is 6.60. The Morgan fingerprint density at radius 3 is 2.86 bits per heavy atom. The zero-order chi connectivity index (χ0) is 15.7. The van der Waals surface area contributed by atoms with Crippen molar-refractivity contribution >= 4 is 45.9 Å². The summed E-state index contributed by atoms with van der Waals surface area (Å²) in [5.74, 6) is 0.269. The van der Waals surface area contributed by atoms with Gasteiger partial charge in [-0.25, -0.2) is 4.98 Å². The first kappa shape index (κ1) is 14.9. The average molecular weight is 335 g/mol. The molecule has 1 aromatic carbocycles. The molecule has 3 aromatic rings. The Labute approximate surface area is 137 Å². The number of furan rings is 1. The van der Waals surface area contributed by atoms with Gasteiger partial charge in [0.15, 0.2) is 0 Å². The first-order chi connectivity index (χ1) is 10.5. The van der Waals surface area contributed by atoms with Crippen molar-refractivity contribution in [1.82, 2.24) is 4.98 Å². The second kappa shape index (κ2) is 5.99. The Balaban J connectivity index is 1.79. The maximum Gasteiger partial charge on any atom is 0.230 e. The SMILES string of the molecule is Cc1cc2occ(CC(=O)Nc3ccc(Cl)cn3)c2cc1Cl. The number of rotatable bonds is 3. The molecule has 2 heterocycles. The first-order valence-corrected chi connectivity index (χ1v) is 7.36. The molecule has 0 spiro atoms. The average Bonchev–Trinajstić information content (AvgIpc) is 2.84. The molecular weight excluding hydrogens is 323 g/mol. The highest BCUT2D eigenvalue weighted by atomic mass is 35.5. The number of amides is 1. The summed E-state index contributed by atoms with van der Waals surface area (Å²) >= 11 is 11.9. The molecule has 0 fully saturated rings. The van der Waals surface area contributed by atoms with Gasteiger partial charge in [0.2, 0.25) is 5.91 Å². The molecule has 0 saturated carbocycles. The number of aryl methyl sites for hydroxylation is 1. The van der Waals surface area contributed by atoms with Crippen LogP contribution in [0.5, 0.6) is 0 Å². The van der Waals surface area contributed by atoms with E-state index in [4.69, 9.17) is 27.6 Å². The zero-order valence-corrected chi connectivity index (χ0v) is 13.2. The number of fused-ring (bicyclic) bond motifs is 1. The van der Waals surface area contributed by atoms with Crippen LogP contribution in [0, 0.1) is 6.92 Å². The predicted octanol–water partition coefficient (Wildman–Crippen LogP) is 4.62. The van der Waals surface area contributed by atoms with Gasteiger partial charge in [0.1, 0.15) is 11.4 Å². The number of benzene rings is 1. The van der Waals surface area contributed by atoms with Gasteiger partial charge in [-0.2, -0.15) is 0 Å². The third-order valence-corrected chi connectivity index (χ3v) is 3.91. The number of carbonyl (C=O) groups excluding carboxylic acids is 1. The predicted molar refractivity (Wildman–Crippen MR) is 87.5 cm³/mol. The normalized spacial score (nSPS) is 10.9. The number of anilines is 1. The molecule has 1 N–H and O–H groups in total. The van der Waals surface area contributed by atoms with Crippen molar-refractivity contribution in [2.24, 2.45) is 0 Å². The molecule has 2 aromatic heterocycles. The fraction of sp³-hybridized carbons (Fsp3) is 0.125. The molecule has 0 unspecified atom stereocenters. The van der Waals surface area contributed by atoms with Crippen molar-refractivity contribution in [3.8, 4) is 0 Å². The highest BCUT2D eigenvalue weighted by Crippen LogP contribution is 2.28. The molecule has 6 heteroatoms. The maximum absolute atomic E-state index is 12.1. The highest BCUT2D eigenvalue weighted by molar-refractivity contribution is 6.32. The Bertz CT molecular complexity index is 841. The molecule has 1 amide bonds. The van der Waals surface area contributed by atoms with E-state index in [2.05, 4.69) is 10.3 Å². The number of aromatic nitrogens is 1. The van der Waals surface area contributed by atoms with Crippen LogP contribution in [-0.2, 0) is 11.2 Å². The van der Waals surface area contributed by atoms with E-state index in [1.54, 1.807) is 18.4 Å². The molecule has 4 nitrogen and oxygen atoms in total. The van der Waals surface area contributed by atoms with Crippen LogP contribution in [0.1, 0.15) is 11.1 Å². The quantitative estimate of drug-likeness (QED) is 0.760. The summed E-state index contributed by atoms with van der Waals surface area (Å²) in [5, 5.41) is 4.72. The van der Waals surface area contributed by atoms with Crippen LogP contribution in [0.25, 0.3) is 11.0 Å². The molecule has 0 aliphatic heterocycles. The second-order valence-corrected chi connectivity index (χ2v) is 5.79. The van der Waals surface area contributed by atoms with Gasteiger partial charge in [-0.05, 0) is 36.8 Å². The summed E-state index contributed by atoms with van der Waals surface area (Å²) in [6.07, 6.45) is 3.24. The topological polar surface area (TPSA) is 55.1 Å². The number of pyridine rings is 1. The maximum atomic E-state index is 12.1. The summed E-state index contributed by atoms with van der Waals surface area (Å²) in [7, 11) is 0. The summed E-state index contributed by atoms with van der Waals surface area (Å²) in [5.41, 5.74) is 2.43. The molecule has 0 radical (unpaired) electrons. The third-order valence-electron chi connectivity index (χ3n) is 3.28. The Kier molecular flexibility index (Phi) is 4.05. The van der Waals surface area contributed by atoms with Crippen molar-refractivity contribution in [3.63, 3.8) is 0 Å². The number of halogens is 2. The molecule has 22 heavy (non-hydrogen) atoms. The van der Waals surface area contributed by atoms with Gasteiger partial charge in [-0.1, -0.05) is 23.2 Å². The van der Waals surface area contributed by atoms with Gasteiger partial charge in [0, 0.05) is 22.2 Å². The van der Waals surface area contributed by atoms with Crippen LogP contribution in [0.2, 0.25) is 10.0 Å². The van der Waals surface area contributed by atoms with Crippen LogP contribution >= 0.6 is 23.2 Å². The van der Waals surface area contributed by atoms with Crippen molar-refractivity contribution in [2.45, 2.75) is 13.3 Å². The molecule has 0 saturated heterocycles. The fourth-order valence-electron chi connectivity index (χ4n) is 2.15. The molecule has 0 aliphatic rings. The Morgan fingerprint density at radius 1 is 1.32 bits per heavy atom. The minimum atomic E-state index is -0.186. The summed E-state index contributed by atoms with van der Waals surface area (Å²) < 4.78 is 5.48. The van der Waals surface area contributed by atoms with Crippen molar-refractivity contribution < 1.29 is 9.21 Å². The van der Waals surface area contributed by atoms with Gasteiger partial charge in [-0.15, -0.1) is 0 Å². The smallest absolute Gasteiger partial charge is 0.230 e. The lowest BCUT2D eigenvalue weighted by Gasteiger charge is -2.04. The Morgan fingerprint density at radius 2 is 2.14 bits per heavy atom. The van der Waals surface area contributed by atoms with E-state index >= 15 is 0 Å². The Hall–Kier alpha value is -2.04. The highest BCUT2D eigenvalue weighted by Gasteiger charge is 2.12. The van der Waals surface area contributed by atoms with E-state index in [-0.39, 0.29) is 12.3 Å². The lowest BCUT2D eigenvalue weighted by Crippen LogP contribution is -2.14. The van der Waals surface area contributed by atoms with E-state index in [9.17, 15) is 4.79 Å². The summed E-state index contributed by atoms with van der Waals surface area (Å²) in [6.45, 7) is 1.91. The minimum Gasteiger partial charge on any atom is -0.464 e. The van der Waals surface area contributed by atoms with E-state index < -0.39 is 0 Å². The van der Waals surface area contributed by atoms with Crippen LogP contribution < -0.4 is 5.32 Å². The monoisotopic (exact) mass is 334 g/mol. The van der Waals surface area contributed by atoms with E-state index in [0.29, 0.717) is 21.4 Å². The van der Waals surface area contributed by atoms with E-state index in [1.165, 1.54) is 6.20 Å². The second-order valence-electron chi connectivity index (χ2n) is 4.95. The van der Waals surface area contributed by atoms with Crippen LogP contribution in [0.3, 0.4) is 0 Å². The van der Waals surface area contributed by atoms with Crippen LogP contribution in [-0.4, -0.2) is 10.9 Å². The van der Waals surface area contributed by atoms with Gasteiger partial charge in [0.05, 0.1) is 17.7 Å². The standard InChI is InChI=1S/C16H12Cl2N2O2/c1-9-4-14-12(6-13(9)18)10(8-22-14)5-16(21)20-15-3-2-11(17)7-19-15/h2-4,6-8H,5H2,1H3,(H,19,20,21). The van der Waals surface area contributed by atoms with E-state index in [1.807, 2.05) is 19.1 Å². The molecule has 3 rings (SSSR count). The van der Waals surface area contributed by atoms with Crippen LogP contribution in [0.15, 0.2) is 41.1 Å².